The number of ketones is 1. The van der Waals surface area contributed by atoms with E-state index in [0.29, 0.717) is 29.0 Å². The molecule has 0 saturated carbocycles. The number of anilines is 1. The van der Waals surface area contributed by atoms with E-state index in [2.05, 4.69) is 20.9 Å². The molecule has 2 heterocycles. The number of Topliss-reactive ketones (excluding diaryl/α,β-unsaturated/α-hetero) is 1. The molecule has 178 valence electrons. The number of benzene rings is 2. The van der Waals surface area contributed by atoms with Gasteiger partial charge in [-0.3, -0.25) is 19.5 Å². The fourth-order valence-corrected chi connectivity index (χ4v) is 4.06. The summed E-state index contributed by atoms with van der Waals surface area (Å²) in [6.45, 7) is 4.19. The second-order valence-electron chi connectivity index (χ2n) is 8.50. The molecule has 1 aromatic heterocycles. The summed E-state index contributed by atoms with van der Waals surface area (Å²) in [6.07, 6.45) is 3.14. The van der Waals surface area contributed by atoms with E-state index >= 15 is 0 Å². The maximum atomic E-state index is 13.2. The summed E-state index contributed by atoms with van der Waals surface area (Å²) in [5.41, 5.74) is 1.66. The topological polar surface area (TPSA) is 96.8 Å². The van der Waals surface area contributed by atoms with Gasteiger partial charge in [0, 0.05) is 28.1 Å². The molecule has 1 atom stereocenters. The van der Waals surface area contributed by atoms with Crippen molar-refractivity contribution in [2.24, 2.45) is 5.92 Å². The smallest absolute Gasteiger partial charge is 0.338 e. The van der Waals surface area contributed by atoms with Crippen molar-refractivity contribution in [2.45, 2.75) is 19.9 Å². The Kier molecular flexibility index (Phi) is 7.12. The number of aliphatic hydroxyl groups is 1. The van der Waals surface area contributed by atoms with Crippen molar-refractivity contribution in [1.29, 1.82) is 0 Å². The average Bonchev–Trinajstić information content (AvgIpc) is 3.13. The molecule has 0 spiro atoms. The molecule has 4 rings (SSSR count). The van der Waals surface area contributed by atoms with Gasteiger partial charge < -0.3 is 9.84 Å². The normalized spacial score (nSPS) is 17.1. The summed E-state index contributed by atoms with van der Waals surface area (Å²) < 4.78 is 6.07. The second-order valence-corrected chi connectivity index (χ2v) is 9.42. The lowest BCUT2D eigenvalue weighted by Gasteiger charge is -2.25. The van der Waals surface area contributed by atoms with E-state index in [9.17, 15) is 19.5 Å². The minimum atomic E-state index is -0.897. The van der Waals surface area contributed by atoms with Crippen LogP contribution in [0, 0.1) is 5.92 Å². The molecule has 1 aliphatic heterocycles. The molecule has 1 unspecified atom stereocenters. The Balaban J connectivity index is 1.77. The molecular formula is C27H23BrN2O5. The third-order valence-electron chi connectivity index (χ3n) is 5.49. The van der Waals surface area contributed by atoms with Gasteiger partial charge in [0.25, 0.3) is 11.7 Å². The number of esters is 1. The zero-order valence-electron chi connectivity index (χ0n) is 19.1. The van der Waals surface area contributed by atoms with Gasteiger partial charge in [-0.15, -0.1) is 0 Å². The maximum absolute atomic E-state index is 13.2. The largest absolute Gasteiger partial charge is 0.507 e. The highest BCUT2D eigenvalue weighted by Crippen LogP contribution is 2.42. The van der Waals surface area contributed by atoms with E-state index in [1.807, 2.05) is 13.8 Å². The highest BCUT2D eigenvalue weighted by atomic mass is 79.9. The van der Waals surface area contributed by atoms with Crippen LogP contribution >= 0.6 is 15.9 Å². The number of halogens is 1. The first-order valence-corrected chi connectivity index (χ1v) is 11.8. The van der Waals surface area contributed by atoms with Crippen LogP contribution in [-0.2, 0) is 14.3 Å². The van der Waals surface area contributed by atoms with Crippen molar-refractivity contribution in [1.82, 2.24) is 4.98 Å². The highest BCUT2D eigenvalue weighted by Gasteiger charge is 2.47. The SMILES string of the molecule is CC(C)COC(=O)c1ccc(N2C(=O)C(=O)/C(=C(/O)c3ccc(Br)cc3)C2c2cccnc2)cc1. The van der Waals surface area contributed by atoms with Gasteiger partial charge in [0.15, 0.2) is 0 Å². The monoisotopic (exact) mass is 534 g/mol. The van der Waals surface area contributed by atoms with Crippen molar-refractivity contribution in [3.8, 4) is 0 Å². The van der Waals surface area contributed by atoms with Gasteiger partial charge in [-0.2, -0.15) is 0 Å². The van der Waals surface area contributed by atoms with Gasteiger partial charge in [0.2, 0.25) is 0 Å². The van der Waals surface area contributed by atoms with Crippen LogP contribution in [0.1, 0.15) is 41.4 Å². The van der Waals surface area contributed by atoms with E-state index in [1.165, 1.54) is 4.90 Å². The molecule has 0 radical (unpaired) electrons. The lowest BCUT2D eigenvalue weighted by atomic mass is 9.96. The Bertz CT molecular complexity index is 1290. The fraction of sp³-hybridized carbons (Fsp3) is 0.185. The number of rotatable bonds is 6. The van der Waals surface area contributed by atoms with E-state index in [4.69, 9.17) is 4.74 Å². The zero-order chi connectivity index (χ0) is 25.1. The van der Waals surface area contributed by atoms with Crippen molar-refractivity contribution in [2.75, 3.05) is 11.5 Å². The van der Waals surface area contributed by atoms with Crippen LogP contribution < -0.4 is 4.90 Å². The van der Waals surface area contributed by atoms with E-state index in [1.54, 1.807) is 73.1 Å². The first kappa shape index (κ1) is 24.3. The predicted molar refractivity (Wildman–Crippen MR) is 135 cm³/mol. The third kappa shape index (κ3) is 5.02. The van der Waals surface area contributed by atoms with Gasteiger partial charge in [0.1, 0.15) is 5.76 Å². The molecule has 1 fully saturated rings. The Labute approximate surface area is 211 Å². The third-order valence-corrected chi connectivity index (χ3v) is 6.02. The number of ether oxygens (including phenoxy) is 1. The quantitative estimate of drug-likeness (QED) is 0.200. The molecule has 0 bridgehead atoms. The summed E-state index contributed by atoms with van der Waals surface area (Å²) >= 11 is 3.35. The standard InChI is InChI=1S/C27H23BrN2O5/c1-16(2)15-35-27(34)18-7-11-21(12-8-18)30-23(19-4-3-13-29-14-19)22(25(32)26(30)33)24(31)17-5-9-20(28)10-6-17/h3-14,16,23,31H,15H2,1-2H3/b24-22+. The van der Waals surface area contributed by atoms with Crippen LogP contribution in [0.15, 0.2) is 83.1 Å². The fourth-order valence-electron chi connectivity index (χ4n) is 3.80. The average molecular weight is 535 g/mol. The van der Waals surface area contributed by atoms with Crippen molar-refractivity contribution >= 4 is 45.0 Å². The minimum absolute atomic E-state index is 0.0363. The number of aromatic nitrogens is 1. The van der Waals surface area contributed by atoms with Gasteiger partial charge >= 0.3 is 5.97 Å². The van der Waals surface area contributed by atoms with Gasteiger partial charge in [-0.25, -0.2) is 4.79 Å². The van der Waals surface area contributed by atoms with Crippen LogP contribution in [0.3, 0.4) is 0 Å². The first-order chi connectivity index (χ1) is 16.8. The Morgan fingerprint density at radius 2 is 1.71 bits per heavy atom. The molecular weight excluding hydrogens is 512 g/mol. The summed E-state index contributed by atoms with van der Waals surface area (Å²) in [7, 11) is 0. The molecule has 8 heteroatoms. The van der Waals surface area contributed by atoms with Crippen molar-refractivity contribution in [3.63, 3.8) is 0 Å². The lowest BCUT2D eigenvalue weighted by molar-refractivity contribution is -0.132. The Hall–Kier alpha value is -3.78. The summed E-state index contributed by atoms with van der Waals surface area (Å²) in [5, 5.41) is 11.1. The molecule has 7 nitrogen and oxygen atoms in total. The minimum Gasteiger partial charge on any atom is -0.507 e. The van der Waals surface area contributed by atoms with Crippen LogP contribution in [0.5, 0.6) is 0 Å². The zero-order valence-corrected chi connectivity index (χ0v) is 20.7. The molecule has 3 aromatic rings. The summed E-state index contributed by atoms with van der Waals surface area (Å²) in [4.78, 5) is 44.1. The number of carbonyl (C=O) groups is 3. The van der Waals surface area contributed by atoms with Crippen LogP contribution in [0.2, 0.25) is 0 Å². The summed E-state index contributed by atoms with van der Waals surface area (Å²) in [5.74, 6) is -2.13. The number of nitrogens with zero attached hydrogens (tertiary/aromatic N) is 2. The first-order valence-electron chi connectivity index (χ1n) is 11.0. The number of hydrogen-bond donors (Lipinski definition) is 1. The molecule has 1 N–H and O–H groups in total. The molecule has 2 aromatic carbocycles. The van der Waals surface area contributed by atoms with Crippen molar-refractivity contribution in [3.05, 3.63) is 99.8 Å². The highest BCUT2D eigenvalue weighted by molar-refractivity contribution is 9.10. The van der Waals surface area contributed by atoms with Crippen LogP contribution in [0.25, 0.3) is 5.76 Å². The number of amides is 1. The molecule has 35 heavy (non-hydrogen) atoms. The van der Waals surface area contributed by atoms with Crippen molar-refractivity contribution < 1.29 is 24.2 Å². The van der Waals surface area contributed by atoms with Gasteiger partial charge in [-0.1, -0.05) is 48.0 Å². The molecule has 1 saturated heterocycles. The van der Waals surface area contributed by atoms with Gasteiger partial charge in [-0.05, 0) is 53.9 Å². The molecule has 1 amide bonds. The van der Waals surface area contributed by atoms with Gasteiger partial charge in [0.05, 0.1) is 23.8 Å². The van der Waals surface area contributed by atoms with E-state index in [-0.39, 0.29) is 17.3 Å². The second kappa shape index (κ2) is 10.2. The maximum Gasteiger partial charge on any atom is 0.338 e. The Morgan fingerprint density at radius 3 is 2.31 bits per heavy atom. The van der Waals surface area contributed by atoms with Crippen LogP contribution in [0.4, 0.5) is 5.69 Å². The molecule has 0 aliphatic carbocycles. The number of hydrogen-bond acceptors (Lipinski definition) is 6. The van der Waals surface area contributed by atoms with E-state index in [0.717, 1.165) is 4.47 Å². The Morgan fingerprint density at radius 1 is 1.06 bits per heavy atom. The molecule has 1 aliphatic rings. The predicted octanol–water partition coefficient (Wildman–Crippen LogP) is 5.28. The lowest BCUT2D eigenvalue weighted by Crippen LogP contribution is -2.29. The number of pyridine rings is 1. The number of carbonyl (C=O) groups excluding carboxylic acids is 3. The number of aliphatic hydroxyl groups excluding tert-OH is 1. The summed E-state index contributed by atoms with van der Waals surface area (Å²) in [6, 6.07) is 15.6. The van der Waals surface area contributed by atoms with E-state index < -0.39 is 23.7 Å². The van der Waals surface area contributed by atoms with Crippen LogP contribution in [-0.4, -0.2) is 34.4 Å².